The van der Waals surface area contributed by atoms with Gasteiger partial charge in [-0.25, -0.2) is 0 Å². The molecule has 1 saturated carbocycles. The van der Waals surface area contributed by atoms with Crippen LogP contribution in [0.25, 0.3) is 0 Å². The van der Waals surface area contributed by atoms with Crippen LogP contribution < -0.4 is 5.73 Å². The second-order valence-electron chi connectivity index (χ2n) is 3.90. The fourth-order valence-electron chi connectivity index (χ4n) is 1.73. The van der Waals surface area contributed by atoms with E-state index in [1.807, 2.05) is 0 Å². The number of halogens is 1. The van der Waals surface area contributed by atoms with Gasteiger partial charge in [0.1, 0.15) is 0 Å². The van der Waals surface area contributed by atoms with Crippen LogP contribution in [-0.4, -0.2) is 0 Å². The van der Waals surface area contributed by atoms with Gasteiger partial charge >= 0.3 is 0 Å². The van der Waals surface area contributed by atoms with Crippen molar-refractivity contribution in [2.24, 2.45) is 17.6 Å². The van der Waals surface area contributed by atoms with E-state index in [2.05, 4.69) is 33.6 Å². The Labute approximate surface area is 91.5 Å². The Hall–Kier alpha value is 0.140. The van der Waals surface area contributed by atoms with Gasteiger partial charge in [0.25, 0.3) is 0 Å². The molecular formula is C10H14BrNS. The van der Waals surface area contributed by atoms with Crippen molar-refractivity contribution >= 4 is 27.3 Å². The summed E-state index contributed by atoms with van der Waals surface area (Å²) in [6.07, 6.45) is 2.74. The van der Waals surface area contributed by atoms with E-state index in [-0.39, 0.29) is 6.04 Å². The number of thiophene rings is 1. The summed E-state index contributed by atoms with van der Waals surface area (Å²) in [5.74, 6) is 1.51. The molecule has 72 valence electrons. The first-order valence-corrected chi connectivity index (χ1v) is 6.41. The van der Waals surface area contributed by atoms with E-state index in [0.717, 1.165) is 5.92 Å². The van der Waals surface area contributed by atoms with Crippen molar-refractivity contribution in [3.63, 3.8) is 0 Å². The monoisotopic (exact) mass is 259 g/mol. The summed E-state index contributed by atoms with van der Waals surface area (Å²) < 4.78 is 1.18. The van der Waals surface area contributed by atoms with Crippen LogP contribution in [0.4, 0.5) is 0 Å². The fourth-order valence-corrected chi connectivity index (χ4v) is 3.34. The molecule has 1 aliphatic carbocycles. The van der Waals surface area contributed by atoms with E-state index in [1.165, 1.54) is 22.9 Å². The molecule has 1 heterocycles. The highest BCUT2D eigenvalue weighted by Gasteiger charge is 2.32. The minimum Gasteiger partial charge on any atom is -0.324 e. The quantitative estimate of drug-likeness (QED) is 0.883. The van der Waals surface area contributed by atoms with Crippen molar-refractivity contribution in [3.8, 4) is 0 Å². The third-order valence-corrected chi connectivity index (χ3v) is 4.69. The summed E-state index contributed by atoms with van der Waals surface area (Å²) in [5, 5.41) is 4.27. The summed E-state index contributed by atoms with van der Waals surface area (Å²) >= 11 is 5.25. The molecule has 1 aliphatic rings. The van der Waals surface area contributed by atoms with Gasteiger partial charge in [-0.1, -0.05) is 6.92 Å². The standard InChI is InChI=1S/C10H14BrNS/c1-6(7-2-3-7)10(12)8-4-13-5-9(8)11/h4-7,10H,2-3,12H2,1H3. The number of hydrogen-bond donors (Lipinski definition) is 1. The Morgan fingerprint density at radius 2 is 2.23 bits per heavy atom. The topological polar surface area (TPSA) is 26.0 Å². The van der Waals surface area contributed by atoms with Gasteiger partial charge in [0.05, 0.1) is 0 Å². The van der Waals surface area contributed by atoms with Crippen LogP contribution in [0.5, 0.6) is 0 Å². The van der Waals surface area contributed by atoms with Crippen LogP contribution in [0.15, 0.2) is 15.2 Å². The van der Waals surface area contributed by atoms with Gasteiger partial charge in [-0.3, -0.25) is 0 Å². The van der Waals surface area contributed by atoms with Crippen molar-refractivity contribution in [1.82, 2.24) is 0 Å². The number of nitrogens with two attached hydrogens (primary N) is 1. The van der Waals surface area contributed by atoms with Gasteiger partial charge in [-0.2, -0.15) is 11.3 Å². The van der Waals surface area contributed by atoms with Crippen LogP contribution in [0.2, 0.25) is 0 Å². The molecule has 1 nitrogen and oxygen atoms in total. The van der Waals surface area contributed by atoms with Crippen molar-refractivity contribution in [3.05, 3.63) is 20.8 Å². The van der Waals surface area contributed by atoms with Gasteiger partial charge in [0.15, 0.2) is 0 Å². The van der Waals surface area contributed by atoms with Crippen molar-refractivity contribution in [1.29, 1.82) is 0 Å². The Morgan fingerprint density at radius 3 is 2.69 bits per heavy atom. The molecule has 0 bridgehead atoms. The first-order valence-electron chi connectivity index (χ1n) is 4.67. The van der Waals surface area contributed by atoms with Crippen LogP contribution in [0.1, 0.15) is 31.4 Å². The highest BCUT2D eigenvalue weighted by molar-refractivity contribution is 9.10. The van der Waals surface area contributed by atoms with E-state index in [0.29, 0.717) is 5.92 Å². The first-order chi connectivity index (χ1) is 6.20. The Kier molecular flexibility index (Phi) is 2.77. The van der Waals surface area contributed by atoms with Crippen molar-refractivity contribution in [2.45, 2.75) is 25.8 Å². The second-order valence-corrected chi connectivity index (χ2v) is 5.50. The average Bonchev–Trinajstić information content (AvgIpc) is 2.87. The molecule has 0 aliphatic heterocycles. The molecule has 0 amide bonds. The maximum absolute atomic E-state index is 6.20. The zero-order chi connectivity index (χ0) is 9.42. The summed E-state index contributed by atoms with van der Waals surface area (Å²) in [6.45, 7) is 2.27. The van der Waals surface area contributed by atoms with Crippen LogP contribution >= 0.6 is 27.3 Å². The van der Waals surface area contributed by atoms with E-state index in [1.54, 1.807) is 11.3 Å². The molecule has 0 radical (unpaired) electrons. The summed E-state index contributed by atoms with van der Waals surface area (Å²) in [6, 6.07) is 0.216. The minimum absolute atomic E-state index is 0.216. The molecule has 13 heavy (non-hydrogen) atoms. The predicted octanol–water partition coefficient (Wildman–Crippen LogP) is 3.56. The van der Waals surface area contributed by atoms with Gasteiger partial charge in [0.2, 0.25) is 0 Å². The maximum atomic E-state index is 6.20. The maximum Gasteiger partial charge on any atom is 0.0343 e. The molecule has 1 aromatic heterocycles. The van der Waals surface area contributed by atoms with Gasteiger partial charge in [-0.15, -0.1) is 0 Å². The Morgan fingerprint density at radius 1 is 1.54 bits per heavy atom. The summed E-state index contributed by atoms with van der Waals surface area (Å²) in [4.78, 5) is 0. The van der Waals surface area contributed by atoms with E-state index >= 15 is 0 Å². The van der Waals surface area contributed by atoms with E-state index in [9.17, 15) is 0 Å². The third-order valence-electron chi connectivity index (χ3n) is 2.93. The summed E-state index contributed by atoms with van der Waals surface area (Å²) in [7, 11) is 0. The van der Waals surface area contributed by atoms with Gasteiger partial charge < -0.3 is 5.73 Å². The lowest BCUT2D eigenvalue weighted by Gasteiger charge is -2.18. The molecule has 2 atom stereocenters. The molecule has 0 spiro atoms. The molecule has 2 unspecified atom stereocenters. The van der Waals surface area contributed by atoms with E-state index in [4.69, 9.17) is 5.73 Å². The minimum atomic E-state index is 0.216. The van der Waals surface area contributed by atoms with Crippen LogP contribution in [0.3, 0.4) is 0 Å². The molecule has 2 N–H and O–H groups in total. The molecule has 3 heteroatoms. The molecule has 1 aromatic rings. The number of rotatable bonds is 3. The van der Waals surface area contributed by atoms with Crippen LogP contribution in [-0.2, 0) is 0 Å². The van der Waals surface area contributed by atoms with Crippen molar-refractivity contribution in [2.75, 3.05) is 0 Å². The largest absolute Gasteiger partial charge is 0.324 e. The lowest BCUT2D eigenvalue weighted by atomic mass is 9.93. The average molecular weight is 260 g/mol. The lowest BCUT2D eigenvalue weighted by Crippen LogP contribution is -2.20. The van der Waals surface area contributed by atoms with Gasteiger partial charge in [0, 0.05) is 15.9 Å². The molecule has 0 aromatic carbocycles. The molecule has 2 rings (SSSR count). The predicted molar refractivity (Wildman–Crippen MR) is 60.8 cm³/mol. The number of hydrogen-bond acceptors (Lipinski definition) is 2. The third kappa shape index (κ3) is 1.97. The summed E-state index contributed by atoms with van der Waals surface area (Å²) in [5.41, 5.74) is 7.48. The second kappa shape index (κ2) is 3.71. The highest BCUT2D eigenvalue weighted by Crippen LogP contribution is 2.43. The fraction of sp³-hybridized carbons (Fsp3) is 0.600. The Bertz CT molecular complexity index is 293. The molecule has 0 saturated heterocycles. The molecule has 1 fully saturated rings. The van der Waals surface area contributed by atoms with Crippen molar-refractivity contribution < 1.29 is 0 Å². The lowest BCUT2D eigenvalue weighted by molar-refractivity contribution is 0.417. The van der Waals surface area contributed by atoms with Gasteiger partial charge in [-0.05, 0) is 51.6 Å². The molecular weight excluding hydrogens is 246 g/mol. The van der Waals surface area contributed by atoms with Crippen LogP contribution in [0, 0.1) is 11.8 Å². The smallest absolute Gasteiger partial charge is 0.0343 e. The highest BCUT2D eigenvalue weighted by atomic mass is 79.9. The SMILES string of the molecule is CC(C1CC1)C(N)c1cscc1Br. The zero-order valence-electron chi connectivity index (χ0n) is 7.66. The first kappa shape index (κ1) is 9.69. The Balaban J connectivity index is 2.11. The van der Waals surface area contributed by atoms with E-state index < -0.39 is 0 Å². The zero-order valence-corrected chi connectivity index (χ0v) is 10.1. The normalized spacial score (nSPS) is 21.5.